The third-order valence-electron chi connectivity index (χ3n) is 2.29. The van der Waals surface area contributed by atoms with E-state index >= 15 is 0 Å². The molecular weight excluding hydrogens is 348 g/mol. The molecule has 0 aromatic carbocycles. The summed E-state index contributed by atoms with van der Waals surface area (Å²) in [6.45, 7) is 7.94. The van der Waals surface area contributed by atoms with E-state index in [1.54, 1.807) is 0 Å². The van der Waals surface area contributed by atoms with Gasteiger partial charge in [-0.05, 0) is 49.3 Å². The number of hydrogen-bond donors (Lipinski definition) is 4. The Morgan fingerprint density at radius 2 is 1.04 bits per heavy atom. The van der Waals surface area contributed by atoms with Crippen molar-refractivity contribution in [1.82, 2.24) is 29.9 Å². The van der Waals surface area contributed by atoms with Crippen molar-refractivity contribution < 1.29 is 0 Å². The van der Waals surface area contributed by atoms with Gasteiger partial charge in [-0.2, -0.15) is 29.9 Å². The molecule has 0 saturated heterocycles. The van der Waals surface area contributed by atoms with Crippen LogP contribution in [0, 0.1) is 0 Å². The maximum Gasteiger partial charge on any atom is 0.228 e. The van der Waals surface area contributed by atoms with Crippen molar-refractivity contribution >= 4 is 45.4 Å². The van der Waals surface area contributed by atoms with Crippen LogP contribution in [-0.2, 0) is 0 Å². The van der Waals surface area contributed by atoms with Gasteiger partial charge in [-0.3, -0.25) is 0 Å². The first kappa shape index (κ1) is 18.3. The van der Waals surface area contributed by atoms with E-state index in [1.165, 1.54) is 21.6 Å². The molecular formula is C12H20N10S2. The Labute approximate surface area is 147 Å². The molecule has 24 heavy (non-hydrogen) atoms. The zero-order valence-corrected chi connectivity index (χ0v) is 15.4. The maximum absolute atomic E-state index is 5.71. The molecule has 0 fully saturated rings. The van der Waals surface area contributed by atoms with Gasteiger partial charge in [0.25, 0.3) is 0 Å². The number of nitrogens with one attached hydrogen (secondary N) is 2. The van der Waals surface area contributed by atoms with Crippen LogP contribution < -0.4 is 22.1 Å². The lowest BCUT2D eigenvalue weighted by Crippen LogP contribution is -2.14. The highest BCUT2D eigenvalue weighted by Gasteiger charge is 2.11. The highest BCUT2D eigenvalue weighted by atomic mass is 33.1. The van der Waals surface area contributed by atoms with E-state index in [9.17, 15) is 0 Å². The lowest BCUT2D eigenvalue weighted by Gasteiger charge is -2.10. The second kappa shape index (κ2) is 8.15. The van der Waals surface area contributed by atoms with Gasteiger partial charge in [-0.25, -0.2) is 0 Å². The summed E-state index contributed by atoms with van der Waals surface area (Å²) in [5.41, 5.74) is 11.4. The van der Waals surface area contributed by atoms with Crippen LogP contribution in [0.5, 0.6) is 0 Å². The summed E-state index contributed by atoms with van der Waals surface area (Å²) in [5, 5.41) is 7.08. The summed E-state index contributed by atoms with van der Waals surface area (Å²) < 4.78 is 0. The number of anilines is 4. The molecule has 12 heteroatoms. The molecule has 0 aliphatic rings. The molecule has 2 aromatic rings. The fourth-order valence-corrected chi connectivity index (χ4v) is 3.09. The zero-order chi connectivity index (χ0) is 17.7. The molecule has 10 nitrogen and oxygen atoms in total. The predicted molar refractivity (Wildman–Crippen MR) is 97.7 cm³/mol. The van der Waals surface area contributed by atoms with Crippen LogP contribution in [0.2, 0.25) is 0 Å². The molecule has 2 heterocycles. The van der Waals surface area contributed by atoms with Gasteiger partial charge in [0, 0.05) is 12.1 Å². The largest absolute Gasteiger partial charge is 0.368 e. The topological polar surface area (TPSA) is 153 Å². The maximum atomic E-state index is 5.71. The van der Waals surface area contributed by atoms with E-state index in [4.69, 9.17) is 11.5 Å². The van der Waals surface area contributed by atoms with E-state index in [0.717, 1.165) is 0 Å². The average Bonchev–Trinajstić information content (AvgIpc) is 2.42. The van der Waals surface area contributed by atoms with Crippen LogP contribution in [0.3, 0.4) is 0 Å². The summed E-state index contributed by atoms with van der Waals surface area (Å²) in [7, 11) is 2.53. The van der Waals surface area contributed by atoms with E-state index in [1.807, 2.05) is 27.7 Å². The fraction of sp³-hybridized carbons (Fsp3) is 0.500. The molecule has 0 amide bonds. The van der Waals surface area contributed by atoms with Crippen LogP contribution in [0.15, 0.2) is 10.3 Å². The van der Waals surface area contributed by atoms with Crippen molar-refractivity contribution in [2.45, 2.75) is 50.1 Å². The number of aromatic nitrogens is 6. The average molecular weight is 368 g/mol. The lowest BCUT2D eigenvalue weighted by atomic mass is 10.4. The highest BCUT2D eigenvalue weighted by molar-refractivity contribution is 8.76. The number of nitrogen functional groups attached to an aromatic ring is 2. The minimum atomic E-state index is 0.147. The number of nitrogens with two attached hydrogens (primary N) is 2. The van der Waals surface area contributed by atoms with Gasteiger partial charge >= 0.3 is 0 Å². The van der Waals surface area contributed by atoms with Crippen molar-refractivity contribution in [1.29, 1.82) is 0 Å². The van der Waals surface area contributed by atoms with Crippen LogP contribution in [0.25, 0.3) is 0 Å². The first-order valence-electron chi connectivity index (χ1n) is 7.22. The van der Waals surface area contributed by atoms with Gasteiger partial charge in [-0.15, -0.1) is 0 Å². The second-order valence-corrected chi connectivity index (χ2v) is 7.43. The van der Waals surface area contributed by atoms with Crippen molar-refractivity contribution in [3.63, 3.8) is 0 Å². The SMILES string of the molecule is CC(C)Nc1nc(N)nc(SSc2nc(N)nc(NC(C)C)n2)n1. The van der Waals surface area contributed by atoms with Crippen molar-refractivity contribution in [2.75, 3.05) is 22.1 Å². The van der Waals surface area contributed by atoms with E-state index in [-0.39, 0.29) is 24.0 Å². The summed E-state index contributed by atoms with van der Waals surface area (Å²) in [5.74, 6) is 1.15. The lowest BCUT2D eigenvalue weighted by molar-refractivity contribution is 0.839. The van der Waals surface area contributed by atoms with Crippen molar-refractivity contribution in [3.8, 4) is 0 Å². The quantitative estimate of drug-likeness (QED) is 0.525. The molecule has 2 rings (SSSR count). The molecule has 0 aliphatic heterocycles. The molecule has 0 aliphatic carbocycles. The van der Waals surface area contributed by atoms with Crippen molar-refractivity contribution in [3.05, 3.63) is 0 Å². The van der Waals surface area contributed by atoms with Crippen molar-refractivity contribution in [2.24, 2.45) is 0 Å². The summed E-state index contributed by atoms with van der Waals surface area (Å²) in [4.78, 5) is 24.8. The Balaban J connectivity index is 2.10. The Morgan fingerprint density at radius 1 is 0.667 bits per heavy atom. The van der Waals surface area contributed by atoms with Gasteiger partial charge in [0.2, 0.25) is 34.1 Å². The Kier molecular flexibility index (Phi) is 6.20. The van der Waals surface area contributed by atoms with Gasteiger partial charge in [0.1, 0.15) is 0 Å². The van der Waals surface area contributed by atoms with Gasteiger partial charge in [0.15, 0.2) is 0 Å². The smallest absolute Gasteiger partial charge is 0.228 e. The molecule has 130 valence electrons. The molecule has 0 saturated carbocycles. The Bertz CT molecular complexity index is 634. The Morgan fingerprint density at radius 3 is 1.38 bits per heavy atom. The van der Waals surface area contributed by atoms with Crippen LogP contribution >= 0.6 is 21.6 Å². The van der Waals surface area contributed by atoms with Gasteiger partial charge in [-0.1, -0.05) is 0 Å². The first-order valence-corrected chi connectivity index (χ1v) is 9.37. The van der Waals surface area contributed by atoms with E-state index in [0.29, 0.717) is 22.2 Å². The predicted octanol–water partition coefficient (Wildman–Crippen LogP) is 1.66. The number of nitrogens with zero attached hydrogens (tertiary/aromatic N) is 6. The second-order valence-electron chi connectivity index (χ2n) is 5.36. The molecule has 0 radical (unpaired) electrons. The van der Waals surface area contributed by atoms with Crippen LogP contribution in [-0.4, -0.2) is 42.0 Å². The van der Waals surface area contributed by atoms with E-state index in [2.05, 4.69) is 40.5 Å². The number of rotatable bonds is 7. The third kappa shape index (κ3) is 5.85. The van der Waals surface area contributed by atoms with Crippen LogP contribution in [0.1, 0.15) is 27.7 Å². The summed E-state index contributed by atoms with van der Waals surface area (Å²) >= 11 is 0. The highest BCUT2D eigenvalue weighted by Crippen LogP contribution is 2.34. The molecule has 2 aromatic heterocycles. The molecule has 0 unspecified atom stereocenters. The number of hydrogen-bond acceptors (Lipinski definition) is 12. The Hall–Kier alpha value is -2.08. The summed E-state index contributed by atoms with van der Waals surface area (Å²) in [6.07, 6.45) is 0. The van der Waals surface area contributed by atoms with Gasteiger partial charge < -0.3 is 22.1 Å². The van der Waals surface area contributed by atoms with Crippen LogP contribution in [0.4, 0.5) is 23.8 Å². The minimum Gasteiger partial charge on any atom is -0.368 e. The zero-order valence-electron chi connectivity index (χ0n) is 13.8. The summed E-state index contributed by atoms with van der Waals surface area (Å²) in [6, 6.07) is 0.371. The van der Waals surface area contributed by atoms with E-state index < -0.39 is 0 Å². The molecule has 0 bridgehead atoms. The standard InChI is InChI=1S/C12H20N10S2/c1-5(2)15-9-17-7(13)19-11(21-9)23-24-12-20-8(14)18-10(22-12)16-6(3)4/h5-6H,1-4H3,(H3,13,15,17,19,21)(H3,14,16,18,20,22). The molecule has 0 spiro atoms. The minimum absolute atomic E-state index is 0.147. The monoisotopic (exact) mass is 368 g/mol. The first-order chi connectivity index (χ1) is 11.3. The molecule has 6 N–H and O–H groups in total. The third-order valence-corrected chi connectivity index (χ3v) is 4.18. The normalized spacial score (nSPS) is 11.1. The van der Waals surface area contributed by atoms with Gasteiger partial charge in [0.05, 0.1) is 0 Å². The fourth-order valence-electron chi connectivity index (χ4n) is 1.54. The molecule has 0 atom stereocenters.